The Bertz CT molecular complexity index is 698. The second kappa shape index (κ2) is 7.90. The second-order valence-corrected chi connectivity index (χ2v) is 7.01. The molecule has 1 aromatic heterocycles. The van der Waals surface area contributed by atoms with Crippen LogP contribution in [0.5, 0.6) is 0 Å². The van der Waals surface area contributed by atoms with Gasteiger partial charge in [0, 0.05) is 24.0 Å². The van der Waals surface area contributed by atoms with Crippen LogP contribution in [0.25, 0.3) is 0 Å². The van der Waals surface area contributed by atoms with E-state index in [1.807, 2.05) is 0 Å². The largest absolute Gasteiger partial charge is 0.370 e. The first kappa shape index (κ1) is 16.4. The Morgan fingerprint density at radius 1 is 1.22 bits per heavy atom. The molecule has 4 nitrogen and oxygen atoms in total. The summed E-state index contributed by atoms with van der Waals surface area (Å²) in [5.74, 6) is 0. The van der Waals surface area contributed by atoms with Gasteiger partial charge in [-0.25, -0.2) is 4.99 Å². The highest BCUT2D eigenvalue weighted by Crippen LogP contribution is 2.16. The molecule has 1 fully saturated rings. The first-order valence-corrected chi connectivity index (χ1v) is 9.28. The highest BCUT2D eigenvalue weighted by atomic mass is 32.1. The number of para-hydroxylation sites is 1. The Morgan fingerprint density at radius 2 is 2.00 bits per heavy atom. The van der Waals surface area contributed by atoms with Gasteiger partial charge in [0.2, 0.25) is 0 Å². The summed E-state index contributed by atoms with van der Waals surface area (Å²) in [5, 5.41) is 2.21. The van der Waals surface area contributed by atoms with Crippen LogP contribution in [0.1, 0.15) is 17.7 Å². The number of aryl methyl sites for hydroxylation is 2. The van der Waals surface area contributed by atoms with Gasteiger partial charge in [0.25, 0.3) is 0 Å². The number of quaternary nitrogens is 1. The van der Waals surface area contributed by atoms with Crippen molar-refractivity contribution in [1.82, 2.24) is 4.57 Å². The Labute approximate surface area is 142 Å². The molecule has 2 aromatic rings. The fraction of sp³-hybridized carbons (Fsp3) is 0.500. The number of aromatic nitrogens is 1. The number of hydrogen-bond acceptors (Lipinski definition) is 3. The maximum absolute atomic E-state index is 5.43. The van der Waals surface area contributed by atoms with Crippen LogP contribution in [-0.2, 0) is 11.3 Å². The van der Waals surface area contributed by atoms with E-state index in [1.165, 1.54) is 24.2 Å². The van der Waals surface area contributed by atoms with Crippen molar-refractivity contribution in [1.29, 1.82) is 0 Å². The van der Waals surface area contributed by atoms with E-state index in [0.717, 1.165) is 43.3 Å². The lowest BCUT2D eigenvalue weighted by atomic mass is 10.2. The zero-order chi connectivity index (χ0) is 16.1. The number of thiazole rings is 1. The molecule has 0 spiro atoms. The summed E-state index contributed by atoms with van der Waals surface area (Å²) in [6, 6.07) is 8.32. The molecule has 0 unspecified atom stereocenters. The molecule has 3 rings (SSSR count). The predicted octanol–water partition coefficient (Wildman–Crippen LogP) is 1.70. The first-order chi connectivity index (χ1) is 11.2. The number of morpholine rings is 1. The van der Waals surface area contributed by atoms with Gasteiger partial charge in [-0.2, -0.15) is 0 Å². The van der Waals surface area contributed by atoms with Crippen LogP contribution in [-0.4, -0.2) is 37.4 Å². The molecule has 0 amide bonds. The van der Waals surface area contributed by atoms with Crippen molar-refractivity contribution in [2.75, 3.05) is 32.8 Å². The van der Waals surface area contributed by atoms with Crippen LogP contribution in [0, 0.1) is 13.8 Å². The first-order valence-electron chi connectivity index (χ1n) is 8.40. The minimum absolute atomic E-state index is 0.911. The molecule has 0 bridgehead atoms. The Hall–Kier alpha value is -1.43. The van der Waals surface area contributed by atoms with E-state index in [1.54, 1.807) is 16.2 Å². The van der Waals surface area contributed by atoms with Gasteiger partial charge in [0.05, 0.1) is 25.4 Å². The van der Waals surface area contributed by atoms with Gasteiger partial charge >= 0.3 is 0 Å². The zero-order valence-electron chi connectivity index (χ0n) is 14.0. The summed E-state index contributed by atoms with van der Waals surface area (Å²) in [6.07, 6.45) is 1.19. The van der Waals surface area contributed by atoms with Crippen molar-refractivity contribution in [3.05, 3.63) is 45.7 Å². The smallest absolute Gasteiger partial charge is 0.190 e. The molecule has 0 aliphatic carbocycles. The highest BCUT2D eigenvalue weighted by Gasteiger charge is 2.13. The SMILES string of the molecule is Cc1ccccc1N=c1scc(C)n1CCC[NH+]1CCOCC1. The average molecular weight is 332 g/mol. The quantitative estimate of drug-likeness (QED) is 0.888. The van der Waals surface area contributed by atoms with Gasteiger partial charge in [-0.1, -0.05) is 18.2 Å². The van der Waals surface area contributed by atoms with Crippen molar-refractivity contribution >= 4 is 17.0 Å². The number of ether oxygens (including phenoxy) is 1. The van der Waals surface area contributed by atoms with E-state index in [-0.39, 0.29) is 0 Å². The molecule has 1 aliphatic heterocycles. The molecule has 1 saturated heterocycles. The fourth-order valence-electron chi connectivity index (χ4n) is 2.96. The Kier molecular flexibility index (Phi) is 5.65. The number of hydrogen-bond donors (Lipinski definition) is 1. The van der Waals surface area contributed by atoms with Gasteiger partial charge in [0.15, 0.2) is 4.80 Å². The van der Waals surface area contributed by atoms with Crippen LogP contribution < -0.4 is 9.70 Å². The molecule has 124 valence electrons. The van der Waals surface area contributed by atoms with Gasteiger partial charge < -0.3 is 14.2 Å². The van der Waals surface area contributed by atoms with Crippen molar-refractivity contribution < 1.29 is 9.64 Å². The lowest BCUT2D eigenvalue weighted by Gasteiger charge is -2.23. The Balaban J connectivity index is 1.70. The molecule has 1 aliphatic rings. The third kappa shape index (κ3) is 4.31. The van der Waals surface area contributed by atoms with Crippen molar-refractivity contribution in [2.24, 2.45) is 4.99 Å². The minimum Gasteiger partial charge on any atom is -0.370 e. The van der Waals surface area contributed by atoms with E-state index in [2.05, 4.69) is 48.1 Å². The summed E-state index contributed by atoms with van der Waals surface area (Å²) < 4.78 is 7.79. The van der Waals surface area contributed by atoms with E-state index < -0.39 is 0 Å². The van der Waals surface area contributed by atoms with Crippen molar-refractivity contribution in [3.8, 4) is 0 Å². The molecule has 0 atom stereocenters. The third-order valence-corrected chi connectivity index (χ3v) is 5.42. The van der Waals surface area contributed by atoms with Crippen LogP contribution >= 0.6 is 11.3 Å². The molecule has 1 aromatic carbocycles. The van der Waals surface area contributed by atoms with E-state index in [0.29, 0.717) is 0 Å². The maximum Gasteiger partial charge on any atom is 0.190 e. The topological polar surface area (TPSA) is 31.0 Å². The second-order valence-electron chi connectivity index (χ2n) is 6.18. The van der Waals surface area contributed by atoms with Crippen LogP contribution in [0.4, 0.5) is 5.69 Å². The molecular formula is C18H26N3OS+. The number of nitrogens with zero attached hydrogens (tertiary/aromatic N) is 2. The van der Waals surface area contributed by atoms with Crippen LogP contribution in [0.3, 0.4) is 0 Å². The molecule has 23 heavy (non-hydrogen) atoms. The van der Waals surface area contributed by atoms with E-state index >= 15 is 0 Å². The number of benzene rings is 1. The normalized spacial score (nSPS) is 16.9. The fourth-order valence-corrected chi connectivity index (χ4v) is 3.88. The monoisotopic (exact) mass is 332 g/mol. The molecule has 1 N–H and O–H groups in total. The lowest BCUT2D eigenvalue weighted by Crippen LogP contribution is -3.14. The summed E-state index contributed by atoms with van der Waals surface area (Å²) in [4.78, 5) is 7.66. The zero-order valence-corrected chi connectivity index (χ0v) is 14.9. The van der Waals surface area contributed by atoms with Crippen LogP contribution in [0.15, 0.2) is 34.6 Å². The molecule has 0 saturated carbocycles. The maximum atomic E-state index is 5.43. The van der Waals surface area contributed by atoms with E-state index in [9.17, 15) is 0 Å². The summed E-state index contributed by atoms with van der Waals surface area (Å²) >= 11 is 1.74. The van der Waals surface area contributed by atoms with Crippen molar-refractivity contribution in [3.63, 3.8) is 0 Å². The lowest BCUT2D eigenvalue weighted by molar-refractivity contribution is -0.908. The molecule has 2 heterocycles. The standard InChI is InChI=1S/C18H25N3OS/c1-15-6-3-4-7-17(15)19-18-21(16(2)14-23-18)9-5-8-20-10-12-22-13-11-20/h3-4,6-7,14H,5,8-13H2,1-2H3/p+1. The molecule has 0 radical (unpaired) electrons. The minimum atomic E-state index is 0.911. The van der Waals surface area contributed by atoms with Gasteiger partial charge in [0.1, 0.15) is 13.1 Å². The van der Waals surface area contributed by atoms with Crippen LogP contribution in [0.2, 0.25) is 0 Å². The summed E-state index contributed by atoms with van der Waals surface area (Å²) in [5.41, 5.74) is 3.60. The number of nitrogens with one attached hydrogen (secondary N) is 1. The predicted molar refractivity (Wildman–Crippen MR) is 94.4 cm³/mol. The van der Waals surface area contributed by atoms with Gasteiger partial charge in [-0.3, -0.25) is 0 Å². The van der Waals surface area contributed by atoms with Gasteiger partial charge in [-0.15, -0.1) is 11.3 Å². The third-order valence-electron chi connectivity index (χ3n) is 4.44. The highest BCUT2D eigenvalue weighted by molar-refractivity contribution is 7.07. The molecule has 5 heteroatoms. The number of rotatable bonds is 5. The van der Waals surface area contributed by atoms with Crippen molar-refractivity contribution in [2.45, 2.75) is 26.8 Å². The average Bonchev–Trinajstić information content (AvgIpc) is 2.91. The Morgan fingerprint density at radius 3 is 2.78 bits per heavy atom. The van der Waals surface area contributed by atoms with Gasteiger partial charge in [-0.05, 0) is 25.5 Å². The summed E-state index contributed by atoms with van der Waals surface area (Å²) in [7, 11) is 0. The molecular weight excluding hydrogens is 306 g/mol. The summed E-state index contributed by atoms with van der Waals surface area (Å²) in [6.45, 7) is 10.7. The van der Waals surface area contributed by atoms with E-state index in [4.69, 9.17) is 9.73 Å².